The highest BCUT2D eigenvalue weighted by atomic mass is 16.5. The van der Waals surface area contributed by atoms with Crippen molar-refractivity contribution in [1.29, 1.82) is 0 Å². The maximum absolute atomic E-state index is 12.4. The van der Waals surface area contributed by atoms with E-state index in [4.69, 9.17) is 14.1 Å². The van der Waals surface area contributed by atoms with Crippen LogP contribution in [0.4, 0.5) is 0 Å². The largest absolute Gasteiger partial charge is 0.485 e. The lowest BCUT2D eigenvalue weighted by atomic mass is 10.0. The van der Waals surface area contributed by atoms with Gasteiger partial charge in [-0.3, -0.25) is 0 Å². The van der Waals surface area contributed by atoms with Gasteiger partial charge >= 0.3 is 5.97 Å². The van der Waals surface area contributed by atoms with Crippen LogP contribution in [-0.2, 0) is 6.42 Å². The number of rotatable bonds is 5. The highest BCUT2D eigenvalue weighted by Gasteiger charge is 2.27. The van der Waals surface area contributed by atoms with E-state index in [1.165, 1.54) is 5.56 Å². The van der Waals surface area contributed by atoms with Crippen LogP contribution in [0.25, 0.3) is 28.4 Å². The van der Waals surface area contributed by atoms with E-state index in [0.29, 0.717) is 33.9 Å². The first-order valence-electron chi connectivity index (χ1n) is 11.0. The van der Waals surface area contributed by atoms with Crippen LogP contribution in [0.2, 0.25) is 0 Å². The Hall–Kier alpha value is -3.86. The second kappa shape index (κ2) is 7.93. The summed E-state index contributed by atoms with van der Waals surface area (Å²) in [7, 11) is 0. The molecule has 2 aromatic heterocycles. The number of pyridine rings is 1. The van der Waals surface area contributed by atoms with Gasteiger partial charge in [-0.1, -0.05) is 36.9 Å². The molecule has 33 heavy (non-hydrogen) atoms. The zero-order valence-corrected chi connectivity index (χ0v) is 18.9. The number of ether oxygens (including phenoxy) is 1. The minimum atomic E-state index is -1.03. The van der Waals surface area contributed by atoms with Gasteiger partial charge in [0.15, 0.2) is 5.76 Å². The van der Waals surface area contributed by atoms with Gasteiger partial charge in [-0.05, 0) is 74.1 Å². The third-order valence-corrected chi connectivity index (χ3v) is 6.60. The molecule has 0 amide bonds. The molecule has 5 rings (SSSR count). The Balaban J connectivity index is 1.69. The van der Waals surface area contributed by atoms with Crippen LogP contribution < -0.4 is 4.74 Å². The molecule has 2 aromatic carbocycles. The number of carbonyl (C=O) groups is 1. The summed E-state index contributed by atoms with van der Waals surface area (Å²) in [6, 6.07) is 13.6. The Morgan fingerprint density at radius 1 is 1.18 bits per heavy atom. The molecule has 1 N–H and O–H groups in total. The number of carboxylic acid groups (broad SMARTS) is 1. The standard InChI is InChI=1S/C28H25NO4/c1-5-22-16(3)17(4)27(33-22)21-14-20(28(30)31)25-24(12-10-15(2)26(25)29-21)32-23-13-11-18-8-6-7-9-19(18)23/h5-10,12,14,23H,1,11,13H2,2-4H3,(H,30,31)/t23-/m0/s1. The van der Waals surface area contributed by atoms with Crippen LogP contribution >= 0.6 is 0 Å². The first-order chi connectivity index (χ1) is 15.9. The maximum Gasteiger partial charge on any atom is 0.336 e. The van der Waals surface area contributed by atoms with Crippen molar-refractivity contribution in [3.63, 3.8) is 0 Å². The topological polar surface area (TPSA) is 72.6 Å². The lowest BCUT2D eigenvalue weighted by Gasteiger charge is -2.18. The monoisotopic (exact) mass is 439 g/mol. The zero-order valence-electron chi connectivity index (χ0n) is 18.9. The van der Waals surface area contributed by atoms with Crippen LogP contribution in [0.1, 0.15) is 56.5 Å². The molecule has 2 heterocycles. The highest BCUT2D eigenvalue weighted by molar-refractivity contribution is 6.07. The summed E-state index contributed by atoms with van der Waals surface area (Å²) in [5.74, 6) is 0.723. The number of aryl methyl sites for hydroxylation is 2. The first-order valence-corrected chi connectivity index (χ1v) is 11.0. The van der Waals surface area contributed by atoms with E-state index in [0.717, 1.165) is 35.1 Å². The Bertz CT molecular complexity index is 1430. The van der Waals surface area contributed by atoms with Crippen LogP contribution in [0, 0.1) is 20.8 Å². The van der Waals surface area contributed by atoms with Gasteiger partial charge in [0.25, 0.3) is 0 Å². The number of aromatic carboxylic acids is 1. The van der Waals surface area contributed by atoms with Gasteiger partial charge in [-0.15, -0.1) is 0 Å². The zero-order chi connectivity index (χ0) is 23.3. The fourth-order valence-electron chi connectivity index (χ4n) is 4.68. The van der Waals surface area contributed by atoms with E-state index in [1.54, 1.807) is 12.1 Å². The summed E-state index contributed by atoms with van der Waals surface area (Å²) in [6.45, 7) is 9.62. The van der Waals surface area contributed by atoms with Crippen molar-refractivity contribution in [3.05, 3.63) is 88.2 Å². The third-order valence-electron chi connectivity index (χ3n) is 6.60. The summed E-state index contributed by atoms with van der Waals surface area (Å²) in [5, 5.41) is 10.6. The summed E-state index contributed by atoms with van der Waals surface area (Å²) < 4.78 is 12.4. The van der Waals surface area contributed by atoms with Crippen molar-refractivity contribution in [1.82, 2.24) is 4.98 Å². The smallest absolute Gasteiger partial charge is 0.336 e. The number of furan rings is 1. The summed E-state index contributed by atoms with van der Waals surface area (Å²) in [4.78, 5) is 17.2. The number of fused-ring (bicyclic) bond motifs is 2. The van der Waals surface area contributed by atoms with E-state index < -0.39 is 5.97 Å². The molecule has 4 aromatic rings. The van der Waals surface area contributed by atoms with Crippen molar-refractivity contribution < 1.29 is 19.1 Å². The van der Waals surface area contributed by atoms with Crippen LogP contribution in [0.5, 0.6) is 5.75 Å². The summed E-state index contributed by atoms with van der Waals surface area (Å²) >= 11 is 0. The average molecular weight is 440 g/mol. The number of hydrogen-bond acceptors (Lipinski definition) is 4. The molecule has 1 aliphatic rings. The van der Waals surface area contributed by atoms with Crippen LogP contribution in [-0.4, -0.2) is 16.1 Å². The average Bonchev–Trinajstić information content (AvgIpc) is 3.35. The molecule has 0 radical (unpaired) electrons. The molecule has 1 atom stereocenters. The van der Waals surface area contributed by atoms with Gasteiger partial charge in [0.1, 0.15) is 23.3 Å². The van der Waals surface area contributed by atoms with Gasteiger partial charge in [-0.25, -0.2) is 9.78 Å². The number of nitrogens with zero attached hydrogens (tertiary/aromatic N) is 1. The van der Waals surface area contributed by atoms with Gasteiger partial charge < -0.3 is 14.3 Å². The van der Waals surface area contributed by atoms with Crippen molar-refractivity contribution in [2.75, 3.05) is 0 Å². The summed E-state index contributed by atoms with van der Waals surface area (Å²) in [5.41, 5.74) is 6.42. The second-order valence-corrected chi connectivity index (χ2v) is 8.56. The molecule has 0 saturated carbocycles. The number of aromatic nitrogens is 1. The number of carboxylic acids is 1. The minimum absolute atomic E-state index is 0.112. The molecule has 0 spiro atoms. The fourth-order valence-corrected chi connectivity index (χ4v) is 4.68. The molecule has 0 aliphatic heterocycles. The maximum atomic E-state index is 12.4. The van der Waals surface area contributed by atoms with Crippen LogP contribution in [0.15, 0.2) is 53.5 Å². The van der Waals surface area contributed by atoms with Crippen LogP contribution in [0.3, 0.4) is 0 Å². The van der Waals surface area contributed by atoms with Gasteiger partial charge in [0.05, 0.1) is 16.5 Å². The lowest BCUT2D eigenvalue weighted by molar-refractivity contribution is 0.0698. The van der Waals surface area contributed by atoms with Gasteiger partial charge in [0, 0.05) is 5.56 Å². The van der Waals surface area contributed by atoms with E-state index in [1.807, 2.05) is 45.0 Å². The molecule has 0 saturated heterocycles. The minimum Gasteiger partial charge on any atom is -0.485 e. The molecule has 5 heteroatoms. The number of hydrogen-bond donors (Lipinski definition) is 1. The molecular weight excluding hydrogens is 414 g/mol. The Kier molecular flexibility index (Phi) is 5.05. The van der Waals surface area contributed by atoms with Crippen molar-refractivity contribution in [2.45, 2.75) is 39.7 Å². The molecule has 0 unspecified atom stereocenters. The molecule has 1 aliphatic carbocycles. The van der Waals surface area contributed by atoms with Gasteiger partial charge in [0.2, 0.25) is 0 Å². The molecule has 0 fully saturated rings. The Morgan fingerprint density at radius 2 is 1.97 bits per heavy atom. The third kappa shape index (κ3) is 3.41. The molecular formula is C28H25NO4. The predicted octanol–water partition coefficient (Wildman–Crippen LogP) is 6.83. The Labute approximate surface area is 192 Å². The summed E-state index contributed by atoms with van der Waals surface area (Å²) in [6.07, 6.45) is 3.35. The SMILES string of the molecule is C=Cc1oc(-c2cc(C(=O)O)c3c(O[C@H]4CCc5ccccc54)ccc(C)c3n2)c(C)c1C. The van der Waals surface area contributed by atoms with E-state index in [9.17, 15) is 9.90 Å². The number of benzene rings is 2. The second-order valence-electron chi connectivity index (χ2n) is 8.56. The quantitative estimate of drug-likeness (QED) is 0.369. The molecule has 0 bridgehead atoms. The molecule has 166 valence electrons. The lowest BCUT2D eigenvalue weighted by Crippen LogP contribution is -2.07. The fraction of sp³-hybridized carbons (Fsp3) is 0.214. The predicted molar refractivity (Wildman–Crippen MR) is 129 cm³/mol. The van der Waals surface area contributed by atoms with E-state index in [-0.39, 0.29) is 11.7 Å². The van der Waals surface area contributed by atoms with Crippen molar-refractivity contribution >= 4 is 22.9 Å². The van der Waals surface area contributed by atoms with Crippen molar-refractivity contribution in [2.24, 2.45) is 0 Å². The highest BCUT2D eigenvalue weighted by Crippen LogP contribution is 2.40. The van der Waals surface area contributed by atoms with Crippen molar-refractivity contribution in [3.8, 4) is 17.2 Å². The first kappa shape index (κ1) is 21.0. The molecule has 5 nitrogen and oxygen atoms in total. The van der Waals surface area contributed by atoms with E-state index >= 15 is 0 Å². The van der Waals surface area contributed by atoms with E-state index in [2.05, 4.69) is 18.7 Å². The van der Waals surface area contributed by atoms with Gasteiger partial charge in [-0.2, -0.15) is 0 Å². The normalized spacial score (nSPS) is 14.9. The Morgan fingerprint density at radius 3 is 2.70 bits per heavy atom.